The first-order valence-electron chi connectivity index (χ1n) is 9.75. The highest BCUT2D eigenvalue weighted by atomic mass is 16.7. The Morgan fingerprint density at radius 3 is 2.38 bits per heavy atom. The smallest absolute Gasteiger partial charge is 0.416 e. The summed E-state index contributed by atoms with van der Waals surface area (Å²) < 4.78 is 10.9. The summed E-state index contributed by atoms with van der Waals surface area (Å²) in [5.41, 5.74) is 2.14. The summed E-state index contributed by atoms with van der Waals surface area (Å²) in [5, 5.41) is 1.80. The summed E-state index contributed by atoms with van der Waals surface area (Å²) in [4.78, 5) is 31.8. The first-order valence-corrected chi connectivity index (χ1v) is 9.75. The first kappa shape index (κ1) is 19.6. The van der Waals surface area contributed by atoms with E-state index >= 15 is 0 Å². The molecule has 152 valence electrons. The molecule has 2 heterocycles. The molecule has 2 fully saturated rings. The van der Waals surface area contributed by atoms with E-state index in [2.05, 4.69) is 0 Å². The van der Waals surface area contributed by atoms with E-state index < -0.39 is 12.0 Å². The molecule has 2 aromatic carbocycles. The van der Waals surface area contributed by atoms with Crippen LogP contribution in [0.5, 0.6) is 0 Å². The van der Waals surface area contributed by atoms with Gasteiger partial charge in [0.25, 0.3) is 0 Å². The molecular formula is C22H24N2O5. The molecule has 2 aromatic rings. The van der Waals surface area contributed by atoms with Crippen molar-refractivity contribution in [2.24, 2.45) is 5.92 Å². The van der Waals surface area contributed by atoms with Gasteiger partial charge >= 0.3 is 6.09 Å². The lowest BCUT2D eigenvalue weighted by Gasteiger charge is -2.26. The minimum atomic E-state index is -0.583. The Morgan fingerprint density at radius 1 is 1.03 bits per heavy atom. The van der Waals surface area contributed by atoms with Crippen molar-refractivity contribution in [3.63, 3.8) is 0 Å². The van der Waals surface area contributed by atoms with E-state index in [-0.39, 0.29) is 31.7 Å². The Hall–Kier alpha value is -2.74. The minimum absolute atomic E-state index is 0.217. The van der Waals surface area contributed by atoms with E-state index in [4.69, 9.17) is 14.3 Å². The molecule has 0 unspecified atom stereocenters. The third kappa shape index (κ3) is 4.64. The van der Waals surface area contributed by atoms with Crippen molar-refractivity contribution < 1.29 is 23.9 Å². The van der Waals surface area contributed by atoms with E-state index in [0.717, 1.165) is 11.1 Å². The average molecular weight is 396 g/mol. The Morgan fingerprint density at radius 2 is 1.72 bits per heavy atom. The first-order chi connectivity index (χ1) is 14.2. The Labute approximate surface area is 169 Å². The molecule has 2 amide bonds. The van der Waals surface area contributed by atoms with Gasteiger partial charge in [-0.2, -0.15) is 5.06 Å². The summed E-state index contributed by atoms with van der Waals surface area (Å²) >= 11 is 0. The maximum absolute atomic E-state index is 13.0. The fourth-order valence-corrected chi connectivity index (χ4v) is 3.61. The molecule has 7 heteroatoms. The molecule has 2 aliphatic heterocycles. The lowest BCUT2D eigenvalue weighted by molar-refractivity contribution is -0.151. The zero-order chi connectivity index (χ0) is 20.1. The van der Waals surface area contributed by atoms with Crippen molar-refractivity contribution in [3.8, 4) is 0 Å². The number of ether oxygens (including phenoxy) is 2. The number of nitrogens with zero attached hydrogens (tertiary/aromatic N) is 2. The second-order valence-corrected chi connectivity index (χ2v) is 7.14. The van der Waals surface area contributed by atoms with E-state index in [1.807, 2.05) is 60.7 Å². The fraction of sp³-hybridized carbons (Fsp3) is 0.364. The lowest BCUT2D eigenvalue weighted by atomic mass is 10.00. The van der Waals surface area contributed by atoms with Crippen LogP contribution in [0.1, 0.15) is 11.1 Å². The Bertz CT molecular complexity index is 830. The number of carbonyl (C=O) groups excluding carboxylic acids is 2. The number of carbonyl (C=O) groups is 2. The van der Waals surface area contributed by atoms with E-state index in [0.29, 0.717) is 19.8 Å². The van der Waals surface area contributed by atoms with Crippen molar-refractivity contribution >= 4 is 12.0 Å². The number of imide groups is 1. The molecule has 4 rings (SSSR count). The largest absolute Gasteiger partial charge is 0.447 e. The van der Waals surface area contributed by atoms with Gasteiger partial charge in [0.15, 0.2) is 0 Å². The standard InChI is InChI=1S/C22H24N2O5/c25-21(23-11-12-28-22(23)26)19-15-29-24(13-17-7-3-1-4-8-17)20(19)16-27-14-18-9-5-2-6-10-18/h1-10,19-20H,11-16H2/t19-,20+/m0/s1. The quantitative estimate of drug-likeness (QED) is 0.717. The maximum atomic E-state index is 13.0. The van der Waals surface area contributed by atoms with Gasteiger partial charge in [-0.05, 0) is 11.1 Å². The highest BCUT2D eigenvalue weighted by molar-refractivity contribution is 5.94. The topological polar surface area (TPSA) is 68.3 Å². The summed E-state index contributed by atoms with van der Waals surface area (Å²) in [6, 6.07) is 19.5. The minimum Gasteiger partial charge on any atom is -0.447 e. The average Bonchev–Trinajstić information content (AvgIpc) is 3.35. The molecule has 0 saturated carbocycles. The van der Waals surface area contributed by atoms with E-state index in [1.165, 1.54) is 4.90 Å². The van der Waals surface area contributed by atoms with Gasteiger partial charge in [0.2, 0.25) is 5.91 Å². The van der Waals surface area contributed by atoms with Crippen LogP contribution in [0.4, 0.5) is 4.79 Å². The molecule has 0 aromatic heterocycles. The van der Waals surface area contributed by atoms with Crippen LogP contribution >= 0.6 is 0 Å². The molecule has 2 saturated heterocycles. The molecule has 7 nitrogen and oxygen atoms in total. The summed E-state index contributed by atoms with van der Waals surface area (Å²) in [6.45, 7) is 2.04. The SMILES string of the molecule is O=C1OCCN1C(=O)[C@H]1CON(Cc2ccccc2)[C@@H]1COCc1ccccc1. The monoisotopic (exact) mass is 396 g/mol. The van der Waals surface area contributed by atoms with Crippen molar-refractivity contribution in [1.82, 2.24) is 9.96 Å². The molecule has 29 heavy (non-hydrogen) atoms. The number of benzene rings is 2. The third-order valence-corrected chi connectivity index (χ3v) is 5.18. The van der Waals surface area contributed by atoms with Gasteiger partial charge < -0.3 is 9.47 Å². The van der Waals surface area contributed by atoms with Crippen LogP contribution in [0, 0.1) is 5.92 Å². The van der Waals surface area contributed by atoms with Crippen molar-refractivity contribution in [2.75, 3.05) is 26.4 Å². The molecule has 2 atom stereocenters. The van der Waals surface area contributed by atoms with Crippen LogP contribution in [0.2, 0.25) is 0 Å². The van der Waals surface area contributed by atoms with Gasteiger partial charge in [0.05, 0.1) is 38.3 Å². The third-order valence-electron chi connectivity index (χ3n) is 5.18. The number of hydrogen-bond donors (Lipinski definition) is 0. The van der Waals surface area contributed by atoms with Crippen LogP contribution in [0.3, 0.4) is 0 Å². The summed E-state index contributed by atoms with van der Waals surface area (Å²) in [7, 11) is 0. The molecule has 0 spiro atoms. The Kier molecular flexibility index (Phi) is 6.19. The lowest BCUT2D eigenvalue weighted by Crippen LogP contribution is -2.45. The van der Waals surface area contributed by atoms with Gasteiger partial charge in [0, 0.05) is 6.54 Å². The van der Waals surface area contributed by atoms with Crippen LogP contribution in [-0.4, -0.2) is 54.4 Å². The molecule has 0 N–H and O–H groups in total. The zero-order valence-corrected chi connectivity index (χ0v) is 16.1. The van der Waals surface area contributed by atoms with E-state index in [1.54, 1.807) is 5.06 Å². The number of cyclic esters (lactones) is 1. The zero-order valence-electron chi connectivity index (χ0n) is 16.1. The van der Waals surface area contributed by atoms with Crippen molar-refractivity contribution in [3.05, 3.63) is 71.8 Å². The molecule has 2 aliphatic rings. The number of amides is 2. The van der Waals surface area contributed by atoms with Gasteiger partial charge in [-0.15, -0.1) is 0 Å². The summed E-state index contributed by atoms with van der Waals surface area (Å²) in [5.74, 6) is -0.753. The highest BCUT2D eigenvalue weighted by Gasteiger charge is 2.44. The van der Waals surface area contributed by atoms with E-state index in [9.17, 15) is 9.59 Å². The van der Waals surface area contributed by atoms with Gasteiger partial charge in [0.1, 0.15) is 6.61 Å². The van der Waals surface area contributed by atoms with Crippen LogP contribution in [-0.2, 0) is 32.3 Å². The normalized spacial score (nSPS) is 22.1. The second kappa shape index (κ2) is 9.17. The number of hydrogen-bond acceptors (Lipinski definition) is 6. The van der Waals surface area contributed by atoms with Crippen LogP contribution in [0.15, 0.2) is 60.7 Å². The molecular weight excluding hydrogens is 372 g/mol. The van der Waals surface area contributed by atoms with Crippen molar-refractivity contribution in [2.45, 2.75) is 19.2 Å². The maximum Gasteiger partial charge on any atom is 0.416 e. The predicted molar refractivity (Wildman–Crippen MR) is 104 cm³/mol. The van der Waals surface area contributed by atoms with Gasteiger partial charge in [-0.1, -0.05) is 60.7 Å². The van der Waals surface area contributed by atoms with Gasteiger partial charge in [-0.25, -0.2) is 9.69 Å². The number of hydroxylamine groups is 2. The Balaban J connectivity index is 1.45. The van der Waals surface area contributed by atoms with Crippen LogP contribution < -0.4 is 0 Å². The second-order valence-electron chi connectivity index (χ2n) is 7.14. The predicted octanol–water partition coefficient (Wildman–Crippen LogP) is 2.61. The van der Waals surface area contributed by atoms with Crippen molar-refractivity contribution in [1.29, 1.82) is 0 Å². The van der Waals surface area contributed by atoms with Gasteiger partial charge in [-0.3, -0.25) is 9.63 Å². The fourth-order valence-electron chi connectivity index (χ4n) is 3.61. The highest BCUT2D eigenvalue weighted by Crippen LogP contribution is 2.27. The van der Waals surface area contributed by atoms with Crippen LogP contribution in [0.25, 0.3) is 0 Å². The number of rotatable bonds is 7. The summed E-state index contributed by atoms with van der Waals surface area (Å²) in [6.07, 6.45) is -0.583. The molecule has 0 bridgehead atoms. The molecule has 0 radical (unpaired) electrons. The molecule has 0 aliphatic carbocycles.